The number of ether oxygens (including phenoxy) is 1. The number of sulfonamides is 1. The summed E-state index contributed by atoms with van der Waals surface area (Å²) in [6.07, 6.45) is 2.80. The number of amides is 1. The first-order valence-electron chi connectivity index (χ1n) is 4.29. The van der Waals surface area contributed by atoms with E-state index in [4.69, 9.17) is 0 Å². The maximum atomic E-state index is 11.0. The quantitative estimate of drug-likeness (QED) is 0.803. The highest BCUT2D eigenvalue weighted by molar-refractivity contribution is 7.89. The van der Waals surface area contributed by atoms with Crippen LogP contribution in [0.25, 0.3) is 0 Å². The molecular formula is C8H11N3O4S. The van der Waals surface area contributed by atoms with E-state index in [1.807, 2.05) is 0 Å². The number of carbonyl (C=O) groups excluding carboxylic acids is 1. The molecule has 0 aliphatic carbocycles. The van der Waals surface area contributed by atoms with Crippen molar-refractivity contribution in [3.63, 3.8) is 0 Å². The van der Waals surface area contributed by atoms with Gasteiger partial charge in [0, 0.05) is 12.4 Å². The molecule has 1 rings (SSSR count). The minimum Gasteiger partial charge on any atom is -0.442 e. The molecule has 88 valence electrons. The van der Waals surface area contributed by atoms with Crippen LogP contribution in [0, 0.1) is 6.92 Å². The minimum atomic E-state index is -3.60. The normalized spacial score (nSPS) is 10.9. The SMILES string of the molecule is Cc1nccnc1COC(=O)NS(C)(=O)=O. The molecule has 0 bridgehead atoms. The van der Waals surface area contributed by atoms with E-state index >= 15 is 0 Å². The van der Waals surface area contributed by atoms with Gasteiger partial charge in [-0.05, 0) is 6.92 Å². The molecule has 0 radical (unpaired) electrons. The third-order valence-corrected chi connectivity index (χ3v) is 2.13. The van der Waals surface area contributed by atoms with Crippen LogP contribution in [-0.4, -0.2) is 30.7 Å². The first-order valence-corrected chi connectivity index (χ1v) is 6.18. The van der Waals surface area contributed by atoms with Gasteiger partial charge in [0.2, 0.25) is 10.0 Å². The van der Waals surface area contributed by atoms with Gasteiger partial charge in [0.25, 0.3) is 0 Å². The van der Waals surface area contributed by atoms with Gasteiger partial charge < -0.3 is 4.74 Å². The summed E-state index contributed by atoms with van der Waals surface area (Å²) in [4.78, 5) is 18.9. The first-order chi connectivity index (χ1) is 7.38. The fraction of sp³-hybridized carbons (Fsp3) is 0.375. The Kier molecular flexibility index (Phi) is 3.78. The summed E-state index contributed by atoms with van der Waals surface area (Å²) >= 11 is 0. The van der Waals surface area contributed by atoms with E-state index in [1.165, 1.54) is 12.4 Å². The maximum absolute atomic E-state index is 11.0. The smallest absolute Gasteiger partial charge is 0.421 e. The van der Waals surface area contributed by atoms with Crippen LogP contribution in [-0.2, 0) is 21.4 Å². The van der Waals surface area contributed by atoms with Crippen LogP contribution in [0.3, 0.4) is 0 Å². The lowest BCUT2D eigenvalue weighted by molar-refractivity contribution is 0.144. The fourth-order valence-corrected chi connectivity index (χ4v) is 1.25. The van der Waals surface area contributed by atoms with Crippen molar-refractivity contribution in [1.82, 2.24) is 14.7 Å². The molecular weight excluding hydrogens is 234 g/mol. The lowest BCUT2D eigenvalue weighted by atomic mass is 10.3. The first kappa shape index (κ1) is 12.4. The molecule has 8 heteroatoms. The van der Waals surface area contributed by atoms with Crippen LogP contribution < -0.4 is 4.72 Å². The van der Waals surface area contributed by atoms with Crippen LogP contribution in [0.2, 0.25) is 0 Å². The van der Waals surface area contributed by atoms with Crippen LogP contribution in [0.15, 0.2) is 12.4 Å². The molecule has 1 aromatic heterocycles. The van der Waals surface area contributed by atoms with E-state index in [9.17, 15) is 13.2 Å². The second-order valence-corrected chi connectivity index (χ2v) is 4.79. The number of hydrogen-bond donors (Lipinski definition) is 1. The van der Waals surface area contributed by atoms with Gasteiger partial charge in [0.1, 0.15) is 6.61 Å². The van der Waals surface area contributed by atoms with Crippen LogP contribution in [0.5, 0.6) is 0 Å². The largest absolute Gasteiger partial charge is 0.442 e. The van der Waals surface area contributed by atoms with Gasteiger partial charge in [-0.2, -0.15) is 0 Å². The highest BCUT2D eigenvalue weighted by atomic mass is 32.2. The van der Waals surface area contributed by atoms with Gasteiger partial charge in [-0.25, -0.2) is 17.9 Å². The van der Waals surface area contributed by atoms with E-state index in [0.717, 1.165) is 6.26 Å². The van der Waals surface area contributed by atoms with Crippen LogP contribution in [0.1, 0.15) is 11.4 Å². The molecule has 1 heterocycles. The van der Waals surface area contributed by atoms with E-state index in [2.05, 4.69) is 14.7 Å². The highest BCUT2D eigenvalue weighted by Gasteiger charge is 2.10. The topological polar surface area (TPSA) is 98.2 Å². The molecule has 0 spiro atoms. The molecule has 0 saturated carbocycles. The number of aromatic nitrogens is 2. The third kappa shape index (κ3) is 4.22. The summed E-state index contributed by atoms with van der Waals surface area (Å²) in [7, 11) is -3.60. The van der Waals surface area contributed by atoms with Gasteiger partial charge in [0.05, 0.1) is 17.6 Å². The van der Waals surface area contributed by atoms with Gasteiger partial charge in [0.15, 0.2) is 0 Å². The summed E-state index contributed by atoms with van der Waals surface area (Å²) in [5.41, 5.74) is 1.10. The van der Waals surface area contributed by atoms with Crippen LogP contribution >= 0.6 is 0 Å². The zero-order valence-electron chi connectivity index (χ0n) is 8.80. The summed E-state index contributed by atoms with van der Waals surface area (Å²) in [6.45, 7) is 1.58. The predicted octanol–water partition coefficient (Wildman–Crippen LogP) is -0.0292. The van der Waals surface area contributed by atoms with E-state index in [0.29, 0.717) is 11.4 Å². The summed E-state index contributed by atoms with van der Waals surface area (Å²) < 4.78 is 27.7. The molecule has 16 heavy (non-hydrogen) atoms. The average molecular weight is 245 g/mol. The monoisotopic (exact) mass is 245 g/mol. The Bertz CT molecular complexity index is 486. The Morgan fingerprint density at radius 2 is 2.06 bits per heavy atom. The molecule has 0 aliphatic heterocycles. The molecule has 0 saturated heterocycles. The number of aryl methyl sites for hydroxylation is 1. The molecule has 1 N–H and O–H groups in total. The molecule has 0 aliphatic rings. The van der Waals surface area contributed by atoms with Crippen molar-refractivity contribution < 1.29 is 17.9 Å². The lowest BCUT2D eigenvalue weighted by Gasteiger charge is -2.05. The maximum Gasteiger partial charge on any atom is 0.421 e. The van der Waals surface area contributed by atoms with Gasteiger partial charge >= 0.3 is 6.09 Å². The molecule has 0 atom stereocenters. The number of rotatable bonds is 3. The molecule has 1 amide bonds. The fourth-order valence-electron chi connectivity index (χ4n) is 0.893. The molecule has 0 unspecified atom stereocenters. The standard InChI is InChI=1S/C8H11N3O4S/c1-6-7(10-4-3-9-6)5-15-8(12)11-16(2,13)14/h3-4H,5H2,1-2H3,(H,11,12). The minimum absolute atomic E-state index is 0.124. The Morgan fingerprint density at radius 3 is 2.62 bits per heavy atom. The number of nitrogens with zero attached hydrogens (tertiary/aromatic N) is 2. The average Bonchev–Trinajstić information content (AvgIpc) is 2.14. The van der Waals surface area contributed by atoms with E-state index in [-0.39, 0.29) is 6.61 Å². The molecule has 0 fully saturated rings. The van der Waals surface area contributed by atoms with Crippen molar-refractivity contribution in [2.24, 2.45) is 0 Å². The third-order valence-electron chi connectivity index (χ3n) is 1.59. The Hall–Kier alpha value is -1.70. The van der Waals surface area contributed by atoms with Crippen molar-refractivity contribution in [2.45, 2.75) is 13.5 Å². The molecule has 1 aromatic rings. The van der Waals surface area contributed by atoms with E-state index < -0.39 is 16.1 Å². The second kappa shape index (κ2) is 4.88. The van der Waals surface area contributed by atoms with Crippen molar-refractivity contribution in [3.05, 3.63) is 23.8 Å². The summed E-state index contributed by atoms with van der Waals surface area (Å²) in [5, 5.41) is 0. The van der Waals surface area contributed by atoms with Crippen molar-refractivity contribution in [3.8, 4) is 0 Å². The Balaban J connectivity index is 2.53. The van der Waals surface area contributed by atoms with Crippen molar-refractivity contribution >= 4 is 16.1 Å². The predicted molar refractivity (Wildman–Crippen MR) is 54.9 cm³/mol. The number of hydrogen-bond acceptors (Lipinski definition) is 6. The summed E-state index contributed by atoms with van der Waals surface area (Å²) in [5.74, 6) is 0. The second-order valence-electron chi connectivity index (χ2n) is 3.04. The Morgan fingerprint density at radius 1 is 1.44 bits per heavy atom. The van der Waals surface area contributed by atoms with Crippen molar-refractivity contribution in [2.75, 3.05) is 6.26 Å². The van der Waals surface area contributed by atoms with Gasteiger partial charge in [-0.15, -0.1) is 0 Å². The number of carbonyl (C=O) groups is 1. The van der Waals surface area contributed by atoms with Crippen molar-refractivity contribution in [1.29, 1.82) is 0 Å². The van der Waals surface area contributed by atoms with Gasteiger partial charge in [-0.3, -0.25) is 9.97 Å². The summed E-state index contributed by atoms with van der Waals surface area (Å²) in [6, 6.07) is 0. The zero-order chi connectivity index (χ0) is 12.2. The molecule has 7 nitrogen and oxygen atoms in total. The number of nitrogens with one attached hydrogen (secondary N) is 1. The van der Waals surface area contributed by atoms with Gasteiger partial charge in [-0.1, -0.05) is 0 Å². The Labute approximate surface area is 92.9 Å². The zero-order valence-corrected chi connectivity index (χ0v) is 9.61. The molecule has 0 aromatic carbocycles. The van der Waals surface area contributed by atoms with Crippen LogP contribution in [0.4, 0.5) is 4.79 Å². The van der Waals surface area contributed by atoms with E-state index in [1.54, 1.807) is 11.6 Å². The highest BCUT2D eigenvalue weighted by Crippen LogP contribution is 2.01. The lowest BCUT2D eigenvalue weighted by Crippen LogP contribution is -2.30.